The van der Waals surface area contributed by atoms with Crippen molar-refractivity contribution < 1.29 is 23.6 Å². The van der Waals surface area contributed by atoms with Gasteiger partial charge in [-0.25, -0.2) is 9.78 Å². The standard InChI is InChI=1S/C29H39BN4O5/c1-28(2)29(3,4)39-30(38-28)21-15-13-19(14-16-21)22-18-31-25(32-22)23-12-9-17-34(23)26(35)24(33-27(36)37-5)20-10-7-6-8-11-20/h9,12-16,18,20,23-24H,6-8,10-11,17H2,1-5H3,(H,31,32)(H,33,36)/t23-,24-/m0/s1. The molecule has 0 spiro atoms. The van der Waals surface area contributed by atoms with Crippen molar-refractivity contribution in [1.82, 2.24) is 20.2 Å². The lowest BCUT2D eigenvalue weighted by molar-refractivity contribution is -0.135. The number of carbonyl (C=O) groups excluding carboxylic acids is 2. The van der Waals surface area contributed by atoms with Crippen molar-refractivity contribution in [2.24, 2.45) is 5.92 Å². The number of hydrogen-bond donors (Lipinski definition) is 2. The van der Waals surface area contributed by atoms with E-state index in [1.807, 2.05) is 70.3 Å². The zero-order chi connectivity index (χ0) is 27.8. The van der Waals surface area contributed by atoms with Gasteiger partial charge in [0.15, 0.2) is 0 Å². The van der Waals surface area contributed by atoms with Gasteiger partial charge in [-0.2, -0.15) is 0 Å². The molecule has 2 atom stereocenters. The number of methoxy groups -OCH3 is 1. The molecule has 1 aromatic carbocycles. The lowest BCUT2D eigenvalue weighted by Crippen LogP contribution is -2.52. The number of H-pyrrole nitrogens is 1. The first-order valence-corrected chi connectivity index (χ1v) is 13.9. The monoisotopic (exact) mass is 534 g/mol. The molecule has 0 bridgehead atoms. The molecule has 1 aromatic heterocycles. The number of rotatable bonds is 6. The Bertz CT molecular complexity index is 1200. The fourth-order valence-electron chi connectivity index (χ4n) is 5.63. The summed E-state index contributed by atoms with van der Waals surface area (Å²) in [6, 6.07) is 7.08. The SMILES string of the molecule is COC(=O)N[C@H](C(=O)N1CC=C[C@H]1c1nc(-c2ccc(B3OC(C)(C)C(C)(C)O3)cc2)c[nH]1)C1CCCCC1. The van der Waals surface area contributed by atoms with E-state index in [-0.39, 0.29) is 17.9 Å². The summed E-state index contributed by atoms with van der Waals surface area (Å²) < 4.78 is 17.2. The molecule has 10 heteroatoms. The van der Waals surface area contributed by atoms with Crippen molar-refractivity contribution in [3.8, 4) is 11.3 Å². The van der Waals surface area contributed by atoms with E-state index >= 15 is 0 Å². The molecule has 3 heterocycles. The largest absolute Gasteiger partial charge is 0.494 e. The molecule has 2 aromatic rings. The molecule has 3 aliphatic rings. The van der Waals surface area contributed by atoms with Gasteiger partial charge in [0, 0.05) is 18.3 Å². The first kappa shape index (κ1) is 27.5. The van der Waals surface area contributed by atoms with Crippen LogP contribution in [0.1, 0.15) is 71.7 Å². The first-order chi connectivity index (χ1) is 18.6. The van der Waals surface area contributed by atoms with Crippen LogP contribution >= 0.6 is 0 Å². The second-order valence-corrected chi connectivity index (χ2v) is 11.8. The van der Waals surface area contributed by atoms with Gasteiger partial charge in [0.25, 0.3) is 0 Å². The maximum absolute atomic E-state index is 13.8. The van der Waals surface area contributed by atoms with Crippen molar-refractivity contribution in [3.63, 3.8) is 0 Å². The van der Waals surface area contributed by atoms with Gasteiger partial charge < -0.3 is 29.2 Å². The predicted octanol–water partition coefficient (Wildman–Crippen LogP) is 4.12. The van der Waals surface area contributed by atoms with Crippen LogP contribution in [0.15, 0.2) is 42.6 Å². The smallest absolute Gasteiger partial charge is 0.453 e. The van der Waals surface area contributed by atoms with E-state index in [0.717, 1.165) is 48.8 Å². The van der Waals surface area contributed by atoms with E-state index in [0.29, 0.717) is 12.4 Å². The number of aromatic amines is 1. The van der Waals surface area contributed by atoms with Crippen molar-refractivity contribution in [3.05, 3.63) is 48.4 Å². The minimum absolute atomic E-state index is 0.0984. The Morgan fingerprint density at radius 1 is 1.10 bits per heavy atom. The van der Waals surface area contributed by atoms with Gasteiger partial charge in [0.1, 0.15) is 17.9 Å². The summed E-state index contributed by atoms with van der Waals surface area (Å²) >= 11 is 0. The second kappa shape index (κ2) is 10.8. The highest BCUT2D eigenvalue weighted by Crippen LogP contribution is 2.37. The molecule has 0 unspecified atom stereocenters. The molecular weight excluding hydrogens is 495 g/mol. The summed E-state index contributed by atoms with van der Waals surface area (Å²) in [7, 11) is 0.905. The maximum Gasteiger partial charge on any atom is 0.494 e. The highest BCUT2D eigenvalue weighted by molar-refractivity contribution is 6.62. The molecule has 0 radical (unpaired) electrons. The third kappa shape index (κ3) is 5.49. The number of aromatic nitrogens is 2. The Morgan fingerprint density at radius 2 is 1.77 bits per heavy atom. The average molecular weight is 534 g/mol. The van der Waals surface area contributed by atoms with Gasteiger partial charge >= 0.3 is 13.2 Å². The van der Waals surface area contributed by atoms with Crippen LogP contribution in [0.3, 0.4) is 0 Å². The second-order valence-electron chi connectivity index (χ2n) is 11.8. The van der Waals surface area contributed by atoms with Crippen molar-refractivity contribution >= 4 is 24.6 Å². The summed E-state index contributed by atoms with van der Waals surface area (Å²) in [5.41, 5.74) is 1.90. The molecular formula is C29H39BN4O5. The Balaban J connectivity index is 1.31. The van der Waals surface area contributed by atoms with E-state index in [9.17, 15) is 9.59 Å². The average Bonchev–Trinajstić information content (AvgIpc) is 3.65. The normalized spacial score (nSPS) is 23.2. The van der Waals surface area contributed by atoms with Crippen molar-refractivity contribution in [2.75, 3.05) is 13.7 Å². The van der Waals surface area contributed by atoms with Crippen LogP contribution in [0, 0.1) is 5.92 Å². The number of amides is 2. The molecule has 5 rings (SSSR count). The zero-order valence-electron chi connectivity index (χ0n) is 23.5. The summed E-state index contributed by atoms with van der Waals surface area (Å²) in [5, 5.41) is 2.82. The van der Waals surface area contributed by atoms with Crippen molar-refractivity contribution in [2.45, 2.75) is 83.1 Å². The van der Waals surface area contributed by atoms with E-state index < -0.39 is 30.5 Å². The summed E-state index contributed by atoms with van der Waals surface area (Å²) in [5.74, 6) is 0.677. The topological polar surface area (TPSA) is 106 Å². The number of benzene rings is 1. The lowest BCUT2D eigenvalue weighted by Gasteiger charge is -2.34. The number of nitrogens with zero attached hydrogens (tertiary/aromatic N) is 2. The zero-order valence-corrected chi connectivity index (χ0v) is 23.5. The molecule has 2 N–H and O–H groups in total. The fraction of sp³-hybridized carbons (Fsp3) is 0.552. The summed E-state index contributed by atoms with van der Waals surface area (Å²) in [6.07, 6.45) is 10.4. The van der Waals surface area contributed by atoms with Crippen LogP contribution < -0.4 is 10.8 Å². The van der Waals surface area contributed by atoms with E-state index in [1.54, 1.807) is 4.90 Å². The van der Waals surface area contributed by atoms with Crippen molar-refractivity contribution in [1.29, 1.82) is 0 Å². The van der Waals surface area contributed by atoms with E-state index in [1.165, 1.54) is 7.11 Å². The maximum atomic E-state index is 13.8. The number of imidazole rings is 1. The molecule has 2 aliphatic heterocycles. The molecule has 208 valence electrons. The Kier molecular flexibility index (Phi) is 7.61. The van der Waals surface area contributed by atoms with Gasteiger partial charge in [-0.05, 0) is 51.9 Å². The van der Waals surface area contributed by atoms with Crippen LogP contribution in [-0.2, 0) is 18.8 Å². The minimum Gasteiger partial charge on any atom is -0.453 e. The number of ether oxygens (including phenoxy) is 1. The summed E-state index contributed by atoms with van der Waals surface area (Å²) in [6.45, 7) is 8.64. The van der Waals surface area contributed by atoms with Crippen LogP contribution in [0.25, 0.3) is 11.3 Å². The van der Waals surface area contributed by atoms with Gasteiger partial charge in [-0.3, -0.25) is 4.79 Å². The van der Waals surface area contributed by atoms with Gasteiger partial charge in [-0.15, -0.1) is 0 Å². The van der Waals surface area contributed by atoms with Gasteiger partial charge in [0.05, 0.1) is 24.0 Å². The molecule has 1 saturated heterocycles. The number of alkyl carbamates (subject to hydrolysis) is 1. The highest BCUT2D eigenvalue weighted by atomic mass is 16.7. The van der Waals surface area contributed by atoms with E-state index in [2.05, 4.69) is 10.3 Å². The van der Waals surface area contributed by atoms with Crippen LogP contribution in [0.2, 0.25) is 0 Å². The Morgan fingerprint density at radius 3 is 2.41 bits per heavy atom. The quantitative estimate of drug-likeness (QED) is 0.427. The number of hydrogen-bond acceptors (Lipinski definition) is 6. The summed E-state index contributed by atoms with van der Waals surface area (Å²) in [4.78, 5) is 35.8. The Hall–Kier alpha value is -3.11. The molecule has 2 fully saturated rings. The highest BCUT2D eigenvalue weighted by Gasteiger charge is 2.51. The Labute approximate surface area is 230 Å². The predicted molar refractivity (Wildman–Crippen MR) is 149 cm³/mol. The number of carbonyl (C=O) groups is 2. The molecule has 1 saturated carbocycles. The van der Waals surface area contributed by atoms with E-state index in [4.69, 9.17) is 19.0 Å². The minimum atomic E-state index is -0.614. The number of nitrogens with one attached hydrogen (secondary N) is 2. The third-order valence-electron chi connectivity index (χ3n) is 8.70. The van der Waals surface area contributed by atoms with Gasteiger partial charge in [0.2, 0.25) is 5.91 Å². The molecule has 9 nitrogen and oxygen atoms in total. The van der Waals surface area contributed by atoms with Crippen LogP contribution in [-0.4, -0.2) is 64.9 Å². The van der Waals surface area contributed by atoms with Crippen LogP contribution in [0.4, 0.5) is 4.79 Å². The van der Waals surface area contributed by atoms with Gasteiger partial charge in [-0.1, -0.05) is 55.7 Å². The lowest BCUT2D eigenvalue weighted by atomic mass is 9.79. The molecule has 39 heavy (non-hydrogen) atoms. The first-order valence-electron chi connectivity index (χ1n) is 13.9. The third-order valence-corrected chi connectivity index (χ3v) is 8.70. The molecule has 1 aliphatic carbocycles. The van der Waals surface area contributed by atoms with Crippen LogP contribution in [0.5, 0.6) is 0 Å². The molecule has 2 amide bonds. The fourth-order valence-corrected chi connectivity index (χ4v) is 5.63.